The van der Waals surface area contributed by atoms with Crippen molar-refractivity contribution in [1.29, 1.82) is 0 Å². The number of hydrogen-bond donors (Lipinski definition) is 1. The van der Waals surface area contributed by atoms with E-state index in [1.54, 1.807) is 0 Å². The highest BCUT2D eigenvalue weighted by Crippen LogP contribution is 2.11. The molecule has 0 bridgehead atoms. The Labute approximate surface area is 114 Å². The molecule has 2 aromatic heterocycles. The first kappa shape index (κ1) is 13.8. The summed E-state index contributed by atoms with van der Waals surface area (Å²) in [4.78, 5) is 2.22. The van der Waals surface area contributed by atoms with Crippen LogP contribution in [0.4, 0.5) is 0 Å². The minimum Gasteiger partial charge on any atom is -0.468 e. The maximum atomic E-state index is 5.57. The fourth-order valence-electron chi connectivity index (χ4n) is 2.06. The summed E-state index contributed by atoms with van der Waals surface area (Å²) in [6, 6.07) is 2.11. The quantitative estimate of drug-likeness (QED) is 0.826. The van der Waals surface area contributed by atoms with Crippen LogP contribution in [0.5, 0.6) is 0 Å². The van der Waals surface area contributed by atoms with E-state index in [0.29, 0.717) is 0 Å². The third kappa shape index (κ3) is 4.22. The van der Waals surface area contributed by atoms with Crippen LogP contribution in [-0.4, -0.2) is 28.3 Å². The molecule has 0 saturated heterocycles. The van der Waals surface area contributed by atoms with E-state index in [-0.39, 0.29) is 0 Å². The van der Waals surface area contributed by atoms with Crippen LogP contribution in [0, 0.1) is 0 Å². The van der Waals surface area contributed by atoms with Crippen molar-refractivity contribution in [1.82, 2.24) is 20.0 Å². The molecule has 0 radical (unpaired) electrons. The molecule has 1 N–H and O–H groups in total. The van der Waals surface area contributed by atoms with E-state index < -0.39 is 0 Å². The van der Waals surface area contributed by atoms with E-state index in [2.05, 4.69) is 35.4 Å². The Bertz CT molecular complexity index is 503. The van der Waals surface area contributed by atoms with E-state index in [9.17, 15) is 0 Å². The van der Waals surface area contributed by atoms with Crippen molar-refractivity contribution in [3.8, 4) is 0 Å². The normalized spacial score (nSPS) is 11.4. The smallest absolute Gasteiger partial charge is 0.118 e. The van der Waals surface area contributed by atoms with Crippen LogP contribution in [0.15, 0.2) is 29.1 Å². The molecule has 5 heteroatoms. The second kappa shape index (κ2) is 6.54. The number of furan rings is 1. The Balaban J connectivity index is 1.84. The van der Waals surface area contributed by atoms with Gasteiger partial charge in [0.1, 0.15) is 5.76 Å². The lowest BCUT2D eigenvalue weighted by Gasteiger charge is -2.13. The number of hydrogen-bond acceptors (Lipinski definition) is 4. The highest BCUT2D eigenvalue weighted by Gasteiger charge is 2.07. The van der Waals surface area contributed by atoms with Crippen LogP contribution in [0.1, 0.15) is 23.8 Å². The number of nitrogens with zero attached hydrogens (tertiary/aromatic N) is 3. The minimum absolute atomic E-state index is 0.807. The van der Waals surface area contributed by atoms with E-state index in [1.165, 1.54) is 11.1 Å². The molecular weight excluding hydrogens is 240 g/mol. The summed E-state index contributed by atoms with van der Waals surface area (Å²) in [6.45, 7) is 5.62. The molecule has 0 amide bonds. The van der Waals surface area contributed by atoms with Gasteiger partial charge in [-0.2, -0.15) is 5.10 Å². The second-order valence-corrected chi connectivity index (χ2v) is 4.90. The standard InChI is InChI=1S/C14H22N4O/c1-4-15-6-12-5-14(19-11-12)10-17(2)8-13-7-16-18(3)9-13/h5,7,9,11,15H,4,6,8,10H2,1-3H3. The summed E-state index contributed by atoms with van der Waals surface area (Å²) in [7, 11) is 4.02. The van der Waals surface area contributed by atoms with Gasteiger partial charge in [-0.3, -0.25) is 9.58 Å². The summed E-state index contributed by atoms with van der Waals surface area (Å²) in [6.07, 6.45) is 5.76. The molecule has 0 aromatic carbocycles. The molecule has 19 heavy (non-hydrogen) atoms. The van der Waals surface area contributed by atoms with Gasteiger partial charge in [0.05, 0.1) is 19.0 Å². The van der Waals surface area contributed by atoms with E-state index in [0.717, 1.165) is 31.9 Å². The number of aromatic nitrogens is 2. The average molecular weight is 262 g/mol. The van der Waals surface area contributed by atoms with Gasteiger partial charge in [-0.15, -0.1) is 0 Å². The van der Waals surface area contributed by atoms with Crippen molar-refractivity contribution in [2.75, 3.05) is 13.6 Å². The molecule has 5 nitrogen and oxygen atoms in total. The fraction of sp³-hybridized carbons (Fsp3) is 0.500. The average Bonchev–Trinajstić information content (AvgIpc) is 2.96. The van der Waals surface area contributed by atoms with Crippen molar-refractivity contribution < 1.29 is 4.42 Å². The van der Waals surface area contributed by atoms with Gasteiger partial charge in [0.2, 0.25) is 0 Å². The van der Waals surface area contributed by atoms with Gasteiger partial charge in [0, 0.05) is 37.5 Å². The van der Waals surface area contributed by atoms with Crippen molar-refractivity contribution in [3.05, 3.63) is 41.6 Å². The summed E-state index contributed by atoms with van der Waals surface area (Å²) < 4.78 is 7.40. The van der Waals surface area contributed by atoms with Crippen LogP contribution in [0.25, 0.3) is 0 Å². The summed E-state index contributed by atoms with van der Waals surface area (Å²) in [5.41, 5.74) is 2.41. The highest BCUT2D eigenvalue weighted by molar-refractivity contribution is 5.13. The predicted octanol–water partition coefficient (Wildman–Crippen LogP) is 1.75. The second-order valence-electron chi connectivity index (χ2n) is 4.90. The van der Waals surface area contributed by atoms with Crippen molar-refractivity contribution in [2.45, 2.75) is 26.6 Å². The molecule has 2 aromatic rings. The molecule has 0 atom stereocenters. The summed E-state index contributed by atoms with van der Waals surface area (Å²) >= 11 is 0. The number of aryl methyl sites for hydroxylation is 1. The van der Waals surface area contributed by atoms with E-state index >= 15 is 0 Å². The largest absolute Gasteiger partial charge is 0.468 e. The molecule has 2 rings (SSSR count). The topological polar surface area (TPSA) is 46.2 Å². The van der Waals surface area contributed by atoms with Gasteiger partial charge in [-0.05, 0) is 19.7 Å². The molecular formula is C14H22N4O. The lowest BCUT2D eigenvalue weighted by Crippen LogP contribution is -2.16. The lowest BCUT2D eigenvalue weighted by molar-refractivity contribution is 0.288. The Hall–Kier alpha value is -1.59. The Morgan fingerprint density at radius 3 is 2.89 bits per heavy atom. The molecule has 0 aliphatic rings. The third-order valence-corrected chi connectivity index (χ3v) is 2.92. The first-order valence-electron chi connectivity index (χ1n) is 6.60. The van der Waals surface area contributed by atoms with Crippen molar-refractivity contribution in [2.24, 2.45) is 7.05 Å². The van der Waals surface area contributed by atoms with Crippen LogP contribution in [0.2, 0.25) is 0 Å². The highest BCUT2D eigenvalue weighted by atomic mass is 16.3. The first-order valence-corrected chi connectivity index (χ1v) is 6.60. The Morgan fingerprint density at radius 1 is 1.37 bits per heavy atom. The van der Waals surface area contributed by atoms with Crippen LogP contribution >= 0.6 is 0 Å². The summed E-state index contributed by atoms with van der Waals surface area (Å²) in [5, 5.41) is 7.46. The van der Waals surface area contributed by atoms with Crippen LogP contribution in [-0.2, 0) is 26.7 Å². The monoisotopic (exact) mass is 262 g/mol. The maximum absolute atomic E-state index is 5.57. The van der Waals surface area contributed by atoms with Gasteiger partial charge in [-0.1, -0.05) is 6.92 Å². The Morgan fingerprint density at radius 2 is 2.21 bits per heavy atom. The first-order chi connectivity index (χ1) is 9.17. The number of rotatable bonds is 7. The maximum Gasteiger partial charge on any atom is 0.118 e. The van der Waals surface area contributed by atoms with Gasteiger partial charge < -0.3 is 9.73 Å². The van der Waals surface area contributed by atoms with Gasteiger partial charge in [-0.25, -0.2) is 0 Å². The molecule has 2 heterocycles. The SMILES string of the molecule is CCNCc1coc(CN(C)Cc2cnn(C)c2)c1. The molecule has 0 aliphatic heterocycles. The molecule has 0 spiro atoms. The number of nitrogens with one attached hydrogen (secondary N) is 1. The molecule has 0 unspecified atom stereocenters. The van der Waals surface area contributed by atoms with Crippen LogP contribution < -0.4 is 5.32 Å². The molecule has 0 aliphatic carbocycles. The van der Waals surface area contributed by atoms with Gasteiger partial charge in [0.25, 0.3) is 0 Å². The summed E-state index contributed by atoms with van der Waals surface area (Å²) in [5.74, 6) is 0.999. The lowest BCUT2D eigenvalue weighted by atomic mass is 10.3. The fourth-order valence-corrected chi connectivity index (χ4v) is 2.06. The van der Waals surface area contributed by atoms with Crippen molar-refractivity contribution in [3.63, 3.8) is 0 Å². The van der Waals surface area contributed by atoms with Gasteiger partial charge in [0.15, 0.2) is 0 Å². The zero-order valence-electron chi connectivity index (χ0n) is 11.9. The Kier molecular flexibility index (Phi) is 4.76. The van der Waals surface area contributed by atoms with E-state index in [4.69, 9.17) is 4.42 Å². The molecule has 0 saturated carbocycles. The third-order valence-electron chi connectivity index (χ3n) is 2.92. The van der Waals surface area contributed by atoms with E-state index in [1.807, 2.05) is 30.4 Å². The zero-order valence-corrected chi connectivity index (χ0v) is 11.9. The van der Waals surface area contributed by atoms with Gasteiger partial charge >= 0.3 is 0 Å². The van der Waals surface area contributed by atoms with Crippen molar-refractivity contribution >= 4 is 0 Å². The predicted molar refractivity (Wildman–Crippen MR) is 74.5 cm³/mol. The zero-order chi connectivity index (χ0) is 13.7. The molecule has 104 valence electrons. The van der Waals surface area contributed by atoms with Crippen LogP contribution in [0.3, 0.4) is 0 Å². The molecule has 0 fully saturated rings. The minimum atomic E-state index is 0.807.